The number of carbonyl (C=O) groups is 1. The fourth-order valence-electron chi connectivity index (χ4n) is 2.45. The topological polar surface area (TPSA) is 67.8 Å². The molecule has 0 saturated heterocycles. The van der Waals surface area contributed by atoms with Crippen LogP contribution in [0, 0.1) is 0 Å². The highest BCUT2D eigenvalue weighted by Crippen LogP contribution is 2.28. The monoisotopic (exact) mass is 343 g/mol. The number of ether oxygens (including phenoxy) is 2. The highest BCUT2D eigenvalue weighted by atomic mass is 16.5. The lowest BCUT2D eigenvalue weighted by Crippen LogP contribution is -2.38. The molecule has 0 aromatic heterocycles. The largest absolute Gasteiger partial charge is 0.490 e. The van der Waals surface area contributed by atoms with Crippen molar-refractivity contribution in [3.63, 3.8) is 0 Å². The number of amides is 1. The van der Waals surface area contributed by atoms with Crippen LogP contribution in [0.25, 0.3) is 0 Å². The molecular formula is C20H25NO4. The fraction of sp³-hybridized carbons (Fsp3) is 0.350. The first-order valence-corrected chi connectivity index (χ1v) is 8.43. The van der Waals surface area contributed by atoms with E-state index in [4.69, 9.17) is 9.47 Å². The highest BCUT2D eigenvalue weighted by Gasteiger charge is 2.24. The van der Waals surface area contributed by atoms with Gasteiger partial charge in [0.2, 0.25) is 0 Å². The quantitative estimate of drug-likeness (QED) is 0.773. The molecule has 5 heteroatoms. The summed E-state index contributed by atoms with van der Waals surface area (Å²) in [5.74, 6) is 0.865. The van der Waals surface area contributed by atoms with Gasteiger partial charge in [-0.3, -0.25) is 4.79 Å². The summed E-state index contributed by atoms with van der Waals surface area (Å²) in [5, 5.41) is 13.3. The standard InChI is InChI=1S/C20H25NO4/c1-4-24-17-12-11-15(13-18(17)25-5-2)19(22)21-14-20(3,23)16-9-7-6-8-10-16/h6-13,23H,4-5,14H2,1-3H3,(H,21,22)/t20-/m0/s1. The van der Waals surface area contributed by atoms with E-state index in [2.05, 4.69) is 5.32 Å². The zero-order valence-electron chi connectivity index (χ0n) is 14.9. The summed E-state index contributed by atoms with van der Waals surface area (Å²) < 4.78 is 11.0. The van der Waals surface area contributed by atoms with E-state index in [1.807, 2.05) is 44.2 Å². The van der Waals surface area contributed by atoms with Crippen LogP contribution in [0.2, 0.25) is 0 Å². The van der Waals surface area contributed by atoms with Gasteiger partial charge in [-0.1, -0.05) is 30.3 Å². The van der Waals surface area contributed by atoms with Crippen LogP contribution in [-0.2, 0) is 5.60 Å². The molecule has 2 aromatic rings. The second-order valence-corrected chi connectivity index (χ2v) is 5.85. The number of carbonyl (C=O) groups excluding carboxylic acids is 1. The molecule has 0 spiro atoms. The van der Waals surface area contributed by atoms with E-state index in [9.17, 15) is 9.90 Å². The van der Waals surface area contributed by atoms with Crippen molar-refractivity contribution in [2.75, 3.05) is 19.8 Å². The number of benzene rings is 2. The van der Waals surface area contributed by atoms with E-state index >= 15 is 0 Å². The maximum atomic E-state index is 12.4. The molecular weight excluding hydrogens is 318 g/mol. The van der Waals surface area contributed by atoms with Gasteiger partial charge in [0.25, 0.3) is 5.91 Å². The molecule has 2 aromatic carbocycles. The van der Waals surface area contributed by atoms with Crippen LogP contribution in [0.3, 0.4) is 0 Å². The lowest BCUT2D eigenvalue weighted by molar-refractivity contribution is 0.0526. The first-order valence-electron chi connectivity index (χ1n) is 8.43. The molecule has 0 heterocycles. The number of rotatable bonds is 8. The molecule has 2 rings (SSSR count). The van der Waals surface area contributed by atoms with Crippen LogP contribution in [0.4, 0.5) is 0 Å². The van der Waals surface area contributed by atoms with E-state index in [0.29, 0.717) is 30.3 Å². The molecule has 2 N–H and O–H groups in total. The average Bonchev–Trinajstić information content (AvgIpc) is 2.62. The molecule has 0 bridgehead atoms. The fourth-order valence-corrected chi connectivity index (χ4v) is 2.45. The minimum Gasteiger partial charge on any atom is -0.490 e. The van der Waals surface area contributed by atoms with Gasteiger partial charge in [-0.05, 0) is 44.5 Å². The zero-order chi connectivity index (χ0) is 18.3. The number of hydrogen-bond acceptors (Lipinski definition) is 4. The van der Waals surface area contributed by atoms with Crippen molar-refractivity contribution in [1.82, 2.24) is 5.32 Å². The van der Waals surface area contributed by atoms with Crippen molar-refractivity contribution in [2.24, 2.45) is 0 Å². The third-order valence-electron chi connectivity index (χ3n) is 3.79. The summed E-state index contributed by atoms with van der Waals surface area (Å²) in [5.41, 5.74) is 0.0537. The minimum atomic E-state index is -1.15. The Morgan fingerprint density at radius 1 is 1.04 bits per heavy atom. The van der Waals surface area contributed by atoms with Crippen molar-refractivity contribution in [3.05, 3.63) is 59.7 Å². The Morgan fingerprint density at radius 3 is 2.32 bits per heavy atom. The average molecular weight is 343 g/mol. The summed E-state index contributed by atoms with van der Waals surface area (Å²) in [7, 11) is 0. The minimum absolute atomic E-state index is 0.104. The Bertz CT molecular complexity index is 698. The Morgan fingerprint density at radius 2 is 1.68 bits per heavy atom. The Balaban J connectivity index is 2.09. The molecule has 1 amide bonds. The summed E-state index contributed by atoms with van der Waals surface area (Å²) in [6, 6.07) is 14.3. The van der Waals surface area contributed by atoms with Crippen molar-refractivity contribution in [2.45, 2.75) is 26.4 Å². The van der Waals surface area contributed by atoms with Gasteiger partial charge in [-0.15, -0.1) is 0 Å². The first-order chi connectivity index (χ1) is 12.0. The number of nitrogens with one attached hydrogen (secondary N) is 1. The van der Waals surface area contributed by atoms with E-state index in [0.717, 1.165) is 5.56 Å². The molecule has 25 heavy (non-hydrogen) atoms. The maximum absolute atomic E-state index is 12.4. The van der Waals surface area contributed by atoms with Gasteiger partial charge in [-0.25, -0.2) is 0 Å². The third kappa shape index (κ3) is 4.97. The molecule has 0 unspecified atom stereocenters. The van der Waals surface area contributed by atoms with Crippen LogP contribution in [0.1, 0.15) is 36.7 Å². The molecule has 5 nitrogen and oxygen atoms in total. The maximum Gasteiger partial charge on any atom is 0.251 e. The molecule has 0 aliphatic rings. The predicted octanol–water partition coefficient (Wildman–Crippen LogP) is 3.12. The third-order valence-corrected chi connectivity index (χ3v) is 3.79. The molecule has 0 saturated carbocycles. The van der Waals surface area contributed by atoms with E-state index in [1.54, 1.807) is 25.1 Å². The van der Waals surface area contributed by atoms with Crippen LogP contribution in [-0.4, -0.2) is 30.8 Å². The van der Waals surface area contributed by atoms with E-state index in [1.165, 1.54) is 0 Å². The number of aliphatic hydroxyl groups is 1. The number of hydrogen-bond donors (Lipinski definition) is 2. The second kappa shape index (κ2) is 8.53. The van der Waals surface area contributed by atoms with E-state index < -0.39 is 5.60 Å². The van der Waals surface area contributed by atoms with Crippen LogP contribution >= 0.6 is 0 Å². The van der Waals surface area contributed by atoms with E-state index in [-0.39, 0.29) is 12.5 Å². The summed E-state index contributed by atoms with van der Waals surface area (Å²) in [6.45, 7) is 6.54. The van der Waals surface area contributed by atoms with Crippen molar-refractivity contribution in [1.29, 1.82) is 0 Å². The zero-order valence-corrected chi connectivity index (χ0v) is 14.9. The lowest BCUT2D eigenvalue weighted by atomic mass is 9.96. The van der Waals surface area contributed by atoms with Gasteiger partial charge >= 0.3 is 0 Å². The van der Waals surface area contributed by atoms with Crippen LogP contribution in [0.15, 0.2) is 48.5 Å². The predicted molar refractivity (Wildman–Crippen MR) is 97.1 cm³/mol. The lowest BCUT2D eigenvalue weighted by Gasteiger charge is -2.24. The van der Waals surface area contributed by atoms with Gasteiger partial charge in [0.05, 0.1) is 19.8 Å². The van der Waals surface area contributed by atoms with Crippen molar-refractivity contribution < 1.29 is 19.4 Å². The van der Waals surface area contributed by atoms with Gasteiger partial charge in [0.1, 0.15) is 5.60 Å². The van der Waals surface area contributed by atoms with Gasteiger partial charge < -0.3 is 19.9 Å². The summed E-state index contributed by atoms with van der Waals surface area (Å²) in [4.78, 5) is 12.4. The highest BCUT2D eigenvalue weighted by molar-refractivity contribution is 5.94. The smallest absolute Gasteiger partial charge is 0.251 e. The molecule has 134 valence electrons. The first kappa shape index (κ1) is 18.8. The normalized spacial score (nSPS) is 13.0. The van der Waals surface area contributed by atoms with Crippen LogP contribution in [0.5, 0.6) is 11.5 Å². The van der Waals surface area contributed by atoms with Gasteiger partial charge in [0, 0.05) is 5.56 Å². The molecule has 0 radical (unpaired) electrons. The summed E-state index contributed by atoms with van der Waals surface area (Å²) >= 11 is 0. The van der Waals surface area contributed by atoms with Crippen molar-refractivity contribution >= 4 is 5.91 Å². The Labute approximate surface area is 148 Å². The molecule has 0 aliphatic carbocycles. The summed E-state index contributed by atoms with van der Waals surface area (Å²) in [6.07, 6.45) is 0. The van der Waals surface area contributed by atoms with Gasteiger partial charge in [-0.2, -0.15) is 0 Å². The Hall–Kier alpha value is -2.53. The molecule has 0 aliphatic heterocycles. The molecule has 0 fully saturated rings. The van der Waals surface area contributed by atoms with Crippen LogP contribution < -0.4 is 14.8 Å². The molecule has 1 atom stereocenters. The Kier molecular flexibility index (Phi) is 6.42. The van der Waals surface area contributed by atoms with Crippen molar-refractivity contribution in [3.8, 4) is 11.5 Å². The SMILES string of the molecule is CCOc1ccc(C(=O)NC[C@](C)(O)c2ccccc2)cc1OCC. The second-order valence-electron chi connectivity index (χ2n) is 5.85. The van der Waals surface area contributed by atoms with Gasteiger partial charge in [0.15, 0.2) is 11.5 Å².